The highest BCUT2D eigenvalue weighted by atomic mass is 16.5. The van der Waals surface area contributed by atoms with E-state index in [-0.39, 0.29) is 0 Å². The van der Waals surface area contributed by atoms with Crippen LogP contribution in [0.15, 0.2) is 0 Å². The van der Waals surface area contributed by atoms with E-state index in [0.717, 1.165) is 26.3 Å². The quantitative estimate of drug-likeness (QED) is 0.793. The molecule has 0 radical (unpaired) electrons. The highest BCUT2D eigenvalue weighted by Gasteiger charge is 2.35. The van der Waals surface area contributed by atoms with E-state index < -0.39 is 0 Å². The predicted octanol–water partition coefficient (Wildman–Crippen LogP) is 1.50. The summed E-state index contributed by atoms with van der Waals surface area (Å²) < 4.78 is 11.0. The standard InChI is InChI=1S/C15H30N2O2/c1-3-16-12-15(6-10-19-11-7-15)13-17-8-4-14(18-2)5-9-17/h14,16H,3-13H2,1-2H3. The molecule has 2 aliphatic rings. The Morgan fingerprint density at radius 2 is 1.95 bits per heavy atom. The Bertz CT molecular complexity index is 247. The van der Waals surface area contributed by atoms with Gasteiger partial charge >= 0.3 is 0 Å². The average molecular weight is 270 g/mol. The Hall–Kier alpha value is -0.160. The topological polar surface area (TPSA) is 33.7 Å². The molecule has 2 saturated heterocycles. The largest absolute Gasteiger partial charge is 0.381 e. The summed E-state index contributed by atoms with van der Waals surface area (Å²) in [7, 11) is 1.84. The number of piperidine rings is 1. The molecule has 2 aliphatic heterocycles. The average Bonchev–Trinajstić information content (AvgIpc) is 2.47. The lowest BCUT2D eigenvalue weighted by molar-refractivity contribution is -0.0205. The zero-order valence-electron chi connectivity index (χ0n) is 12.6. The van der Waals surface area contributed by atoms with E-state index in [0.29, 0.717) is 11.5 Å². The van der Waals surface area contributed by atoms with Crippen molar-refractivity contribution in [2.45, 2.75) is 38.7 Å². The van der Waals surface area contributed by atoms with Gasteiger partial charge in [-0.1, -0.05) is 6.92 Å². The van der Waals surface area contributed by atoms with Crippen molar-refractivity contribution in [1.82, 2.24) is 10.2 Å². The molecule has 0 aromatic heterocycles. The van der Waals surface area contributed by atoms with Crippen molar-refractivity contribution in [2.75, 3.05) is 53.0 Å². The monoisotopic (exact) mass is 270 g/mol. The molecule has 0 aromatic carbocycles. The number of likely N-dealkylation sites (tertiary alicyclic amines) is 1. The maximum Gasteiger partial charge on any atom is 0.0595 e. The molecule has 0 bridgehead atoms. The highest BCUT2D eigenvalue weighted by Crippen LogP contribution is 2.32. The van der Waals surface area contributed by atoms with Crippen molar-refractivity contribution in [2.24, 2.45) is 5.41 Å². The number of methoxy groups -OCH3 is 1. The summed E-state index contributed by atoms with van der Waals surface area (Å²) in [5, 5.41) is 3.56. The van der Waals surface area contributed by atoms with Crippen molar-refractivity contribution >= 4 is 0 Å². The van der Waals surface area contributed by atoms with Gasteiger partial charge in [0, 0.05) is 46.5 Å². The second-order valence-corrected chi connectivity index (χ2v) is 6.10. The molecular formula is C15H30N2O2. The van der Waals surface area contributed by atoms with Crippen LogP contribution in [0.2, 0.25) is 0 Å². The Morgan fingerprint density at radius 1 is 1.26 bits per heavy atom. The predicted molar refractivity (Wildman–Crippen MR) is 77.5 cm³/mol. The first-order valence-corrected chi connectivity index (χ1v) is 7.81. The second kappa shape index (κ2) is 7.58. The van der Waals surface area contributed by atoms with Gasteiger partial charge in [-0.05, 0) is 37.6 Å². The van der Waals surface area contributed by atoms with Crippen molar-refractivity contribution < 1.29 is 9.47 Å². The molecule has 0 atom stereocenters. The van der Waals surface area contributed by atoms with Gasteiger partial charge in [0.15, 0.2) is 0 Å². The summed E-state index contributed by atoms with van der Waals surface area (Å²) >= 11 is 0. The first-order chi connectivity index (χ1) is 9.28. The van der Waals surface area contributed by atoms with Gasteiger partial charge in [-0.25, -0.2) is 0 Å². The van der Waals surface area contributed by atoms with Gasteiger partial charge in [-0.3, -0.25) is 0 Å². The van der Waals surface area contributed by atoms with Gasteiger partial charge in [-0.15, -0.1) is 0 Å². The second-order valence-electron chi connectivity index (χ2n) is 6.10. The zero-order valence-corrected chi connectivity index (χ0v) is 12.6. The van der Waals surface area contributed by atoms with Crippen LogP contribution in [-0.2, 0) is 9.47 Å². The first kappa shape index (κ1) is 15.2. The van der Waals surface area contributed by atoms with Gasteiger partial charge in [0.1, 0.15) is 0 Å². The van der Waals surface area contributed by atoms with E-state index in [4.69, 9.17) is 9.47 Å². The molecule has 0 aliphatic carbocycles. The van der Waals surface area contributed by atoms with Crippen LogP contribution in [0.25, 0.3) is 0 Å². The van der Waals surface area contributed by atoms with Crippen LogP contribution in [0.5, 0.6) is 0 Å². The van der Waals surface area contributed by atoms with Crippen LogP contribution in [0, 0.1) is 5.41 Å². The summed E-state index contributed by atoms with van der Waals surface area (Å²) in [6.45, 7) is 9.85. The number of hydrogen-bond acceptors (Lipinski definition) is 4. The minimum absolute atomic E-state index is 0.425. The number of ether oxygens (including phenoxy) is 2. The number of nitrogens with zero attached hydrogens (tertiary/aromatic N) is 1. The van der Waals surface area contributed by atoms with E-state index in [1.165, 1.54) is 45.3 Å². The van der Waals surface area contributed by atoms with Crippen molar-refractivity contribution in [3.63, 3.8) is 0 Å². The fourth-order valence-electron chi connectivity index (χ4n) is 3.36. The van der Waals surface area contributed by atoms with E-state index >= 15 is 0 Å². The van der Waals surface area contributed by atoms with Crippen molar-refractivity contribution in [1.29, 1.82) is 0 Å². The van der Waals surface area contributed by atoms with Crippen LogP contribution in [0.3, 0.4) is 0 Å². The molecule has 2 rings (SSSR count). The molecule has 2 heterocycles. The van der Waals surface area contributed by atoms with Crippen LogP contribution < -0.4 is 5.32 Å². The molecule has 112 valence electrons. The molecule has 0 spiro atoms. The van der Waals surface area contributed by atoms with Crippen molar-refractivity contribution in [3.8, 4) is 0 Å². The normalized spacial score (nSPS) is 25.6. The Kier molecular flexibility index (Phi) is 6.07. The molecule has 19 heavy (non-hydrogen) atoms. The Morgan fingerprint density at radius 3 is 2.53 bits per heavy atom. The zero-order chi connectivity index (χ0) is 13.6. The number of nitrogens with one attached hydrogen (secondary N) is 1. The Labute approximate surface area is 117 Å². The third-order valence-electron chi connectivity index (χ3n) is 4.73. The maximum absolute atomic E-state index is 5.56. The number of rotatable bonds is 6. The lowest BCUT2D eigenvalue weighted by Crippen LogP contribution is -2.49. The maximum atomic E-state index is 5.56. The van der Waals surface area contributed by atoms with E-state index in [9.17, 15) is 0 Å². The fourth-order valence-corrected chi connectivity index (χ4v) is 3.36. The van der Waals surface area contributed by atoms with Crippen LogP contribution in [-0.4, -0.2) is 64.1 Å². The van der Waals surface area contributed by atoms with Gasteiger partial charge in [0.05, 0.1) is 6.10 Å². The SMILES string of the molecule is CCNCC1(CN2CCC(OC)CC2)CCOCC1. The molecule has 4 heteroatoms. The van der Waals surface area contributed by atoms with E-state index in [2.05, 4.69) is 17.1 Å². The smallest absolute Gasteiger partial charge is 0.0595 e. The van der Waals surface area contributed by atoms with Gasteiger partial charge in [0.25, 0.3) is 0 Å². The summed E-state index contributed by atoms with van der Waals surface area (Å²) in [4.78, 5) is 2.64. The minimum atomic E-state index is 0.425. The molecule has 0 aromatic rings. The van der Waals surface area contributed by atoms with Gasteiger partial charge < -0.3 is 19.7 Å². The van der Waals surface area contributed by atoms with E-state index in [1.807, 2.05) is 7.11 Å². The molecule has 1 N–H and O–H groups in total. The fraction of sp³-hybridized carbons (Fsp3) is 1.00. The Balaban J connectivity index is 1.85. The molecule has 0 unspecified atom stereocenters. The van der Waals surface area contributed by atoms with E-state index in [1.54, 1.807) is 0 Å². The molecule has 4 nitrogen and oxygen atoms in total. The van der Waals surface area contributed by atoms with Crippen LogP contribution in [0.4, 0.5) is 0 Å². The summed E-state index contributed by atoms with van der Waals surface area (Å²) in [5.74, 6) is 0. The van der Waals surface area contributed by atoms with Gasteiger partial charge in [0.2, 0.25) is 0 Å². The third-order valence-corrected chi connectivity index (χ3v) is 4.73. The highest BCUT2D eigenvalue weighted by molar-refractivity contribution is 4.88. The summed E-state index contributed by atoms with van der Waals surface area (Å²) in [6.07, 6.45) is 5.25. The lowest BCUT2D eigenvalue weighted by Gasteiger charge is -2.43. The third kappa shape index (κ3) is 4.42. The summed E-state index contributed by atoms with van der Waals surface area (Å²) in [6, 6.07) is 0. The van der Waals surface area contributed by atoms with Gasteiger partial charge in [-0.2, -0.15) is 0 Å². The lowest BCUT2D eigenvalue weighted by atomic mass is 9.79. The molecule has 0 amide bonds. The van der Waals surface area contributed by atoms with Crippen molar-refractivity contribution in [3.05, 3.63) is 0 Å². The summed E-state index contributed by atoms with van der Waals surface area (Å²) in [5.41, 5.74) is 0.425. The molecule has 0 saturated carbocycles. The molecular weight excluding hydrogens is 240 g/mol. The first-order valence-electron chi connectivity index (χ1n) is 7.81. The minimum Gasteiger partial charge on any atom is -0.381 e. The number of hydrogen-bond donors (Lipinski definition) is 1. The van der Waals surface area contributed by atoms with Crippen LogP contribution >= 0.6 is 0 Å². The van der Waals surface area contributed by atoms with Crippen LogP contribution in [0.1, 0.15) is 32.6 Å². The molecule has 2 fully saturated rings.